The molecule has 0 heterocycles. The van der Waals surface area contributed by atoms with E-state index in [0.717, 1.165) is 5.57 Å². The van der Waals surface area contributed by atoms with Gasteiger partial charge in [-0.15, -0.1) is 0 Å². The maximum absolute atomic E-state index is 6.71. The largest absolute Gasteiger partial charge is 0.309 e. The molecule has 48 valence electrons. The van der Waals surface area contributed by atoms with Gasteiger partial charge in [0.15, 0.2) is 0 Å². The van der Waals surface area contributed by atoms with E-state index in [1.54, 1.807) is 12.2 Å². The Morgan fingerprint density at radius 2 is 2.22 bits per heavy atom. The predicted molar refractivity (Wildman–Crippen MR) is 41.9 cm³/mol. The van der Waals surface area contributed by atoms with Gasteiger partial charge in [0, 0.05) is 6.21 Å². The van der Waals surface area contributed by atoms with Gasteiger partial charge in [-0.2, -0.15) is 0 Å². The fraction of sp³-hybridized carbons (Fsp3) is 0.125. The molecule has 0 atom stereocenters. The highest BCUT2D eigenvalue weighted by Crippen LogP contribution is 1.91. The van der Waals surface area contributed by atoms with Gasteiger partial charge >= 0.3 is 0 Å². The molecule has 1 N–H and O–H groups in total. The Morgan fingerprint density at radius 3 is 2.67 bits per heavy atom. The normalized spacial score (nSPS) is 11.9. The van der Waals surface area contributed by atoms with E-state index in [2.05, 4.69) is 6.58 Å². The van der Waals surface area contributed by atoms with Crippen molar-refractivity contribution in [2.45, 2.75) is 6.92 Å². The molecule has 0 rings (SSSR count). The highest BCUT2D eigenvalue weighted by molar-refractivity contribution is 5.69. The minimum absolute atomic E-state index is 1.06. The number of rotatable bonds is 3. The van der Waals surface area contributed by atoms with Crippen molar-refractivity contribution in [1.82, 2.24) is 0 Å². The molecule has 0 unspecified atom stereocenters. The van der Waals surface area contributed by atoms with Crippen molar-refractivity contribution >= 4 is 6.21 Å². The molecule has 0 saturated carbocycles. The van der Waals surface area contributed by atoms with Gasteiger partial charge in [-0.3, -0.25) is 0 Å². The summed E-state index contributed by atoms with van der Waals surface area (Å²) >= 11 is 0. The Kier molecular flexibility index (Phi) is 4.41. The van der Waals surface area contributed by atoms with Crippen LogP contribution in [-0.2, 0) is 0 Å². The molecule has 0 aliphatic rings. The molecule has 0 radical (unpaired) electrons. The van der Waals surface area contributed by atoms with Gasteiger partial charge in [-0.25, -0.2) is 0 Å². The second-order valence-corrected chi connectivity index (χ2v) is 1.67. The predicted octanol–water partition coefficient (Wildman–Crippen LogP) is 2.32. The van der Waals surface area contributed by atoms with E-state index in [1.807, 2.05) is 19.1 Å². The van der Waals surface area contributed by atoms with Crippen LogP contribution in [0.1, 0.15) is 6.92 Å². The first-order valence-corrected chi connectivity index (χ1v) is 2.77. The van der Waals surface area contributed by atoms with Crippen molar-refractivity contribution in [2.75, 3.05) is 0 Å². The van der Waals surface area contributed by atoms with Crippen LogP contribution in [-0.4, -0.2) is 6.21 Å². The van der Waals surface area contributed by atoms with E-state index >= 15 is 0 Å². The van der Waals surface area contributed by atoms with Crippen LogP contribution in [0.5, 0.6) is 0 Å². The molecule has 0 saturated heterocycles. The van der Waals surface area contributed by atoms with E-state index in [1.165, 1.54) is 6.21 Å². The van der Waals surface area contributed by atoms with E-state index < -0.39 is 0 Å². The SMILES string of the molecule is C=C/C=C\C(C)=C\C=N. The van der Waals surface area contributed by atoms with E-state index in [9.17, 15) is 0 Å². The average molecular weight is 121 g/mol. The fourth-order valence-corrected chi connectivity index (χ4v) is 0.407. The van der Waals surface area contributed by atoms with E-state index in [0.29, 0.717) is 0 Å². The Balaban J connectivity index is 3.88. The molecule has 0 aliphatic carbocycles. The first-order valence-electron chi connectivity index (χ1n) is 2.77. The lowest BCUT2D eigenvalue weighted by Crippen LogP contribution is -1.66. The van der Waals surface area contributed by atoms with Gasteiger partial charge < -0.3 is 5.41 Å². The summed E-state index contributed by atoms with van der Waals surface area (Å²) in [4.78, 5) is 0. The van der Waals surface area contributed by atoms with Crippen LogP contribution in [0, 0.1) is 5.41 Å². The highest BCUT2D eigenvalue weighted by Gasteiger charge is 1.73. The van der Waals surface area contributed by atoms with Crippen molar-refractivity contribution in [3.05, 3.63) is 36.5 Å². The quantitative estimate of drug-likeness (QED) is 0.437. The summed E-state index contributed by atoms with van der Waals surface area (Å²) in [5.74, 6) is 0. The molecule has 0 fully saturated rings. The van der Waals surface area contributed by atoms with E-state index in [4.69, 9.17) is 5.41 Å². The third kappa shape index (κ3) is 4.75. The minimum atomic E-state index is 1.06. The summed E-state index contributed by atoms with van der Waals surface area (Å²) in [6.45, 7) is 5.46. The molecule has 1 nitrogen and oxygen atoms in total. The Hall–Kier alpha value is -1.11. The number of hydrogen-bond acceptors (Lipinski definition) is 1. The first-order chi connectivity index (χ1) is 4.31. The summed E-state index contributed by atoms with van der Waals surface area (Å²) in [5, 5.41) is 6.71. The molecule has 0 aromatic rings. The number of nitrogens with one attached hydrogen (secondary N) is 1. The van der Waals surface area contributed by atoms with Crippen LogP contribution >= 0.6 is 0 Å². The minimum Gasteiger partial charge on any atom is -0.309 e. The molecule has 0 amide bonds. The van der Waals surface area contributed by atoms with Crippen LogP contribution in [0.25, 0.3) is 0 Å². The van der Waals surface area contributed by atoms with Gasteiger partial charge in [-0.1, -0.05) is 24.8 Å². The summed E-state index contributed by atoms with van der Waals surface area (Å²) in [5.41, 5.74) is 1.06. The molecule has 0 bridgehead atoms. The maximum atomic E-state index is 6.71. The van der Waals surface area contributed by atoms with E-state index in [-0.39, 0.29) is 0 Å². The molecular weight excluding hydrogens is 110 g/mol. The summed E-state index contributed by atoms with van der Waals surface area (Å²) in [6.07, 6.45) is 8.44. The lowest BCUT2D eigenvalue weighted by Gasteiger charge is -1.82. The van der Waals surface area contributed by atoms with Crippen LogP contribution in [0.2, 0.25) is 0 Å². The zero-order valence-corrected chi connectivity index (χ0v) is 5.59. The van der Waals surface area contributed by atoms with Crippen LogP contribution < -0.4 is 0 Å². The third-order valence-corrected chi connectivity index (χ3v) is 0.841. The second kappa shape index (κ2) is 5.04. The number of hydrogen-bond donors (Lipinski definition) is 1. The second-order valence-electron chi connectivity index (χ2n) is 1.67. The Morgan fingerprint density at radius 1 is 1.56 bits per heavy atom. The van der Waals surface area contributed by atoms with Gasteiger partial charge in [0.25, 0.3) is 0 Å². The van der Waals surface area contributed by atoms with Crippen molar-refractivity contribution < 1.29 is 0 Å². The molecule has 9 heavy (non-hydrogen) atoms. The van der Waals surface area contributed by atoms with Crippen molar-refractivity contribution in [3.63, 3.8) is 0 Å². The topological polar surface area (TPSA) is 23.9 Å². The molecule has 0 aliphatic heterocycles. The fourth-order valence-electron chi connectivity index (χ4n) is 0.407. The average Bonchev–Trinajstić information content (AvgIpc) is 1.85. The smallest absolute Gasteiger partial charge is 0.0180 e. The molecule has 0 spiro atoms. The molecule has 0 aromatic heterocycles. The van der Waals surface area contributed by atoms with Crippen molar-refractivity contribution in [1.29, 1.82) is 5.41 Å². The summed E-state index contributed by atoms with van der Waals surface area (Å²) in [6, 6.07) is 0. The molecular formula is C8H11N. The van der Waals surface area contributed by atoms with Crippen LogP contribution in [0.15, 0.2) is 36.5 Å². The lowest BCUT2D eigenvalue weighted by molar-refractivity contribution is 1.51. The maximum Gasteiger partial charge on any atom is 0.0180 e. The first kappa shape index (κ1) is 7.89. The Labute approximate surface area is 55.9 Å². The van der Waals surface area contributed by atoms with Crippen molar-refractivity contribution in [2.24, 2.45) is 0 Å². The third-order valence-electron chi connectivity index (χ3n) is 0.841. The monoisotopic (exact) mass is 121 g/mol. The van der Waals surface area contributed by atoms with Gasteiger partial charge in [0.2, 0.25) is 0 Å². The standard InChI is InChI=1S/C8H11N/c1-3-4-5-8(2)6-7-9/h3-7,9H,1H2,2H3/b5-4-,8-6+,9-7?. The van der Waals surface area contributed by atoms with Gasteiger partial charge in [0.1, 0.15) is 0 Å². The Bertz CT molecular complexity index is 152. The highest BCUT2D eigenvalue weighted by atomic mass is 14.3. The van der Waals surface area contributed by atoms with Gasteiger partial charge in [0.05, 0.1) is 0 Å². The molecule has 0 aromatic carbocycles. The lowest BCUT2D eigenvalue weighted by atomic mass is 10.2. The van der Waals surface area contributed by atoms with Crippen LogP contribution in [0.3, 0.4) is 0 Å². The zero-order chi connectivity index (χ0) is 7.11. The van der Waals surface area contributed by atoms with Crippen LogP contribution in [0.4, 0.5) is 0 Å². The zero-order valence-electron chi connectivity index (χ0n) is 5.59. The molecule has 1 heteroatoms. The van der Waals surface area contributed by atoms with Gasteiger partial charge in [-0.05, 0) is 18.6 Å². The number of allylic oxidation sites excluding steroid dienone is 5. The summed E-state index contributed by atoms with van der Waals surface area (Å²) < 4.78 is 0. The van der Waals surface area contributed by atoms with Crippen molar-refractivity contribution in [3.8, 4) is 0 Å². The summed E-state index contributed by atoms with van der Waals surface area (Å²) in [7, 11) is 0.